The number of phenolic OH excluding ortho intramolecular Hbond substituents is 2. The van der Waals surface area contributed by atoms with Crippen LogP contribution in [0, 0.1) is 41.5 Å². The average molecular weight is 682 g/mol. The Bertz CT molecular complexity index is 1680. The van der Waals surface area contributed by atoms with Crippen LogP contribution >= 0.6 is 0 Å². The molecule has 0 saturated heterocycles. The van der Waals surface area contributed by atoms with E-state index in [-0.39, 0.29) is 0 Å². The van der Waals surface area contributed by atoms with Crippen molar-refractivity contribution in [3.05, 3.63) is 140 Å². The van der Waals surface area contributed by atoms with E-state index in [1.54, 1.807) is 22.3 Å². The summed E-state index contributed by atoms with van der Waals surface area (Å²) in [6, 6.07) is 26.0. The zero-order valence-corrected chi connectivity index (χ0v) is 32.2. The normalized spacial score (nSPS) is 16.9. The van der Waals surface area contributed by atoms with Gasteiger partial charge in [0.15, 0.2) is 0 Å². The zero-order chi connectivity index (χ0) is 32.6. The second kappa shape index (κ2) is 12.8. The Kier molecular flexibility index (Phi) is 9.89. The summed E-state index contributed by atoms with van der Waals surface area (Å²) in [5, 5.41) is 18.7. The predicted octanol–water partition coefficient (Wildman–Crippen LogP) is 10.3. The third-order valence-electron chi connectivity index (χ3n) is 9.46. The van der Waals surface area contributed by atoms with Gasteiger partial charge in [0.2, 0.25) is 0 Å². The Morgan fingerprint density at radius 1 is 0.523 bits per heavy atom. The van der Waals surface area contributed by atoms with Crippen LogP contribution in [0.25, 0.3) is 12.2 Å². The topological polar surface area (TPSA) is 40.5 Å². The van der Waals surface area contributed by atoms with Crippen LogP contribution in [0.3, 0.4) is 0 Å². The molecule has 0 fully saturated rings. The summed E-state index contributed by atoms with van der Waals surface area (Å²) in [5.41, 5.74) is 15.5. The van der Waals surface area contributed by atoms with Crippen molar-refractivity contribution in [1.29, 1.82) is 0 Å². The van der Waals surface area contributed by atoms with E-state index in [9.17, 15) is 10.2 Å². The number of fused-ring (bicyclic) bond motifs is 2. The minimum Gasteiger partial charge on any atom is -0.507 e. The molecule has 0 bridgehead atoms. The molecular weight excluding hydrogens is 632 g/mol. The molecule has 4 aromatic carbocycles. The Balaban J connectivity index is 0.000000182. The van der Waals surface area contributed by atoms with Crippen LogP contribution in [0.4, 0.5) is 0 Å². The first kappa shape index (κ1) is 33.9. The molecule has 2 unspecified atom stereocenters. The second-order valence-electron chi connectivity index (χ2n) is 14.3. The molecule has 4 aromatic rings. The van der Waals surface area contributed by atoms with Crippen LogP contribution in [-0.2, 0) is 17.4 Å². The van der Waals surface area contributed by atoms with Gasteiger partial charge in [-0.2, -0.15) is 0 Å². The van der Waals surface area contributed by atoms with Crippen molar-refractivity contribution >= 4 is 19.0 Å². The Morgan fingerprint density at radius 3 is 1.14 bits per heavy atom. The van der Waals surface area contributed by atoms with Gasteiger partial charge in [0.05, 0.1) is 0 Å². The minimum absolute atomic E-state index is 0.422. The molecule has 0 spiro atoms. The van der Waals surface area contributed by atoms with E-state index in [0.29, 0.717) is 18.8 Å². The predicted molar refractivity (Wildman–Crippen MR) is 191 cm³/mol. The smallest absolute Gasteiger partial charge is 0.121 e. The first-order valence-corrected chi connectivity index (χ1v) is 29.3. The molecule has 0 radical (unpaired) electrons. The van der Waals surface area contributed by atoms with Crippen LogP contribution in [0.2, 0.25) is 9.26 Å². The molecule has 2 nitrogen and oxygen atoms in total. The molecule has 0 aromatic heterocycles. The first-order valence-electron chi connectivity index (χ1n) is 15.7. The minimum atomic E-state index is -3.15. The van der Waals surface area contributed by atoms with Crippen molar-refractivity contribution in [1.82, 2.24) is 0 Å². The largest absolute Gasteiger partial charge is 0.507 e. The maximum atomic E-state index is 9.33. The SMILES string of the molecule is CC1=Cc2ccccc2[CH]1[Zr]([CH3])([CH3])(=[SiH2])[CH]1C(C)=Cc2ccccc21.Cc1cc(C)c(O)c(C)c1.Cc1cc(C)c(O)c(C)c1. The fourth-order valence-corrected chi connectivity index (χ4v) is 29.3. The summed E-state index contributed by atoms with van der Waals surface area (Å²) in [7, 11) is 0. The molecule has 0 saturated carbocycles. The number of rotatable bonds is 2. The van der Waals surface area contributed by atoms with Gasteiger partial charge < -0.3 is 10.2 Å². The number of benzene rings is 4. The molecule has 2 atom stereocenters. The van der Waals surface area contributed by atoms with Crippen molar-refractivity contribution in [2.75, 3.05) is 0 Å². The first-order chi connectivity index (χ1) is 20.5. The van der Waals surface area contributed by atoms with Crippen molar-refractivity contribution in [3.63, 3.8) is 0 Å². The molecule has 2 aliphatic rings. The molecule has 44 heavy (non-hydrogen) atoms. The molecule has 2 N–H and O–H groups in total. The molecule has 0 heterocycles. The van der Waals surface area contributed by atoms with Gasteiger partial charge in [0.1, 0.15) is 11.5 Å². The van der Waals surface area contributed by atoms with Crippen LogP contribution in [0.15, 0.2) is 83.9 Å². The van der Waals surface area contributed by atoms with E-state index in [2.05, 4.69) is 90.7 Å². The van der Waals surface area contributed by atoms with Crippen molar-refractivity contribution < 1.29 is 27.6 Å². The average Bonchev–Trinajstić information content (AvgIpc) is 3.47. The van der Waals surface area contributed by atoms with Gasteiger partial charge in [-0.1, -0.05) is 35.4 Å². The van der Waals surface area contributed by atoms with E-state index < -0.39 is 17.4 Å². The van der Waals surface area contributed by atoms with E-state index in [1.807, 2.05) is 65.8 Å². The van der Waals surface area contributed by atoms with Crippen molar-refractivity contribution in [2.24, 2.45) is 0 Å². The Labute approximate surface area is 268 Å². The summed E-state index contributed by atoms with van der Waals surface area (Å²) in [4.78, 5) is 0. The number of hydrogen-bond acceptors (Lipinski definition) is 2. The molecule has 4 heteroatoms. The van der Waals surface area contributed by atoms with E-state index in [4.69, 9.17) is 0 Å². The molecule has 0 aliphatic heterocycles. The van der Waals surface area contributed by atoms with Gasteiger partial charge in [0.25, 0.3) is 0 Å². The third-order valence-corrected chi connectivity index (χ3v) is 27.4. The second-order valence-corrected chi connectivity index (χ2v) is 44.8. The van der Waals surface area contributed by atoms with Gasteiger partial charge in [-0.25, -0.2) is 0 Å². The van der Waals surface area contributed by atoms with Crippen LogP contribution in [0.5, 0.6) is 11.5 Å². The van der Waals surface area contributed by atoms with Gasteiger partial charge in [-0.3, -0.25) is 0 Å². The van der Waals surface area contributed by atoms with Gasteiger partial charge in [-0.05, 0) is 63.8 Å². The van der Waals surface area contributed by atoms with E-state index >= 15 is 0 Å². The monoisotopic (exact) mass is 680 g/mol. The Hall–Kier alpha value is -2.94. The van der Waals surface area contributed by atoms with Gasteiger partial charge in [0, 0.05) is 0 Å². The maximum Gasteiger partial charge on any atom is 0.121 e. The van der Waals surface area contributed by atoms with Crippen molar-refractivity contribution in [3.8, 4) is 11.5 Å². The maximum absolute atomic E-state index is 9.33. The summed E-state index contributed by atoms with van der Waals surface area (Å²) >= 11 is -3.15. The molecule has 2 aliphatic carbocycles. The standard InChI is InChI=1S/2C10H9.2C9H12O.2CH3.H2Si.Zr/c2*1-8-6-9-4-2-3-5-10(9)7-8;2*1-6-4-7(2)9(10)8(3)5-6;;;;/h2*2-7H,1H3;2*4-5,10H,1-3H3;2*1H3;1H2;. The number of hydrogen-bond donors (Lipinski definition) is 2. The number of aryl methyl sites for hydroxylation is 6. The van der Waals surface area contributed by atoms with E-state index in [0.717, 1.165) is 22.3 Å². The summed E-state index contributed by atoms with van der Waals surface area (Å²) in [6.07, 6.45) is 4.88. The van der Waals surface area contributed by atoms with Crippen LogP contribution in [0.1, 0.15) is 76.7 Å². The van der Waals surface area contributed by atoms with Gasteiger partial charge >= 0.3 is 149 Å². The fraction of sp³-hybridized carbons (Fsp3) is 0.300. The summed E-state index contributed by atoms with van der Waals surface area (Å²) in [6.45, 7) is 18.8. The molecule has 230 valence electrons. The van der Waals surface area contributed by atoms with Gasteiger partial charge in [-0.15, -0.1) is 0 Å². The molecule has 0 amide bonds. The van der Waals surface area contributed by atoms with Crippen molar-refractivity contribution in [2.45, 2.75) is 71.9 Å². The quantitative estimate of drug-likeness (QED) is 0.207. The summed E-state index contributed by atoms with van der Waals surface area (Å²) < 4.78 is 6.68. The molecular formula is C40H50O2SiZr. The molecule has 6 rings (SSSR count). The fourth-order valence-electron chi connectivity index (χ4n) is 7.99. The number of phenols is 2. The summed E-state index contributed by atoms with van der Waals surface area (Å²) in [5.74, 6) is 0.844. The number of aromatic hydroxyl groups is 2. The third kappa shape index (κ3) is 6.82. The zero-order valence-electron chi connectivity index (χ0n) is 28.3. The number of allylic oxidation sites excluding steroid dienone is 2. The van der Waals surface area contributed by atoms with Crippen LogP contribution in [-0.4, -0.2) is 17.1 Å². The van der Waals surface area contributed by atoms with E-state index in [1.165, 1.54) is 22.3 Å². The van der Waals surface area contributed by atoms with Crippen LogP contribution < -0.4 is 0 Å². The Morgan fingerprint density at radius 2 is 0.818 bits per heavy atom.